The van der Waals surface area contributed by atoms with Gasteiger partial charge in [-0.2, -0.15) is 10.2 Å². The first-order chi connectivity index (χ1) is 16.6. The summed E-state index contributed by atoms with van der Waals surface area (Å²) in [4.78, 5) is 13.1. The summed E-state index contributed by atoms with van der Waals surface area (Å²) in [6.07, 6.45) is 3.20. The Morgan fingerprint density at radius 1 is 0.912 bits per heavy atom. The van der Waals surface area contributed by atoms with Gasteiger partial charge in [-0.1, -0.05) is 48.5 Å². The maximum atomic E-state index is 13.1. The Kier molecular flexibility index (Phi) is 6.88. The predicted molar refractivity (Wildman–Crippen MR) is 130 cm³/mol. The lowest BCUT2D eigenvalue weighted by Gasteiger charge is -2.12. The van der Waals surface area contributed by atoms with Gasteiger partial charge >= 0.3 is 0 Å². The van der Waals surface area contributed by atoms with Crippen LogP contribution in [0.3, 0.4) is 0 Å². The number of nitrogens with one attached hydrogen (secondary N) is 1. The van der Waals surface area contributed by atoms with Crippen LogP contribution in [0.25, 0.3) is 16.9 Å². The number of hydrazone groups is 1. The van der Waals surface area contributed by atoms with Crippen LogP contribution < -0.4 is 19.6 Å². The number of nitrogens with zero attached hydrogens (tertiary/aromatic N) is 3. The minimum absolute atomic E-state index is 0.385. The minimum atomic E-state index is -0.385. The minimum Gasteiger partial charge on any atom is -0.493 e. The number of benzene rings is 3. The third kappa shape index (κ3) is 4.75. The number of methoxy groups -OCH3 is 3. The van der Waals surface area contributed by atoms with Crippen molar-refractivity contribution < 1.29 is 19.0 Å². The first kappa shape index (κ1) is 22.6. The number of hydrogen-bond donors (Lipinski definition) is 1. The number of carbonyl (C=O) groups excluding carboxylic acids is 1. The van der Waals surface area contributed by atoms with Gasteiger partial charge in [-0.25, -0.2) is 10.1 Å². The van der Waals surface area contributed by atoms with Crippen LogP contribution in [0.1, 0.15) is 15.9 Å². The van der Waals surface area contributed by atoms with Gasteiger partial charge in [-0.3, -0.25) is 4.79 Å². The smallest absolute Gasteiger partial charge is 0.275 e. The van der Waals surface area contributed by atoms with E-state index in [1.807, 2.05) is 60.7 Å². The first-order valence-electron chi connectivity index (χ1n) is 10.5. The number of para-hydroxylation sites is 1. The quantitative estimate of drug-likeness (QED) is 0.315. The van der Waals surface area contributed by atoms with Crippen LogP contribution in [0.2, 0.25) is 0 Å². The SMILES string of the molecule is COc1cc(/C=N/NC(=O)c2cn(-c3ccccc3)nc2-c2ccccc2)cc(OC)c1OC. The predicted octanol–water partition coefficient (Wildman–Crippen LogP) is 4.33. The molecule has 34 heavy (non-hydrogen) atoms. The molecule has 1 N–H and O–H groups in total. The van der Waals surface area contributed by atoms with Gasteiger partial charge in [0.1, 0.15) is 5.69 Å². The van der Waals surface area contributed by atoms with Gasteiger partial charge < -0.3 is 14.2 Å². The summed E-state index contributed by atoms with van der Waals surface area (Å²) in [6, 6.07) is 22.6. The van der Waals surface area contributed by atoms with E-state index in [1.165, 1.54) is 27.5 Å². The summed E-state index contributed by atoms with van der Waals surface area (Å²) in [5.74, 6) is 1.08. The second-order valence-electron chi connectivity index (χ2n) is 7.20. The van der Waals surface area contributed by atoms with Crippen LogP contribution in [0, 0.1) is 0 Å². The molecule has 4 aromatic rings. The largest absolute Gasteiger partial charge is 0.493 e. The molecule has 0 aliphatic heterocycles. The molecule has 8 nitrogen and oxygen atoms in total. The number of hydrogen-bond acceptors (Lipinski definition) is 6. The number of ether oxygens (including phenoxy) is 3. The van der Waals surface area contributed by atoms with Crippen molar-refractivity contribution in [3.63, 3.8) is 0 Å². The zero-order valence-electron chi connectivity index (χ0n) is 19.1. The number of carbonyl (C=O) groups is 1. The molecule has 0 saturated heterocycles. The molecule has 3 aromatic carbocycles. The molecule has 172 valence electrons. The molecule has 1 aromatic heterocycles. The molecule has 0 radical (unpaired) electrons. The van der Waals surface area contributed by atoms with E-state index in [1.54, 1.807) is 23.0 Å². The molecule has 0 aliphatic rings. The van der Waals surface area contributed by atoms with E-state index in [2.05, 4.69) is 15.6 Å². The highest BCUT2D eigenvalue weighted by molar-refractivity contribution is 6.00. The van der Waals surface area contributed by atoms with Crippen molar-refractivity contribution in [2.45, 2.75) is 0 Å². The number of amides is 1. The Bertz CT molecular complexity index is 1280. The van der Waals surface area contributed by atoms with Crippen molar-refractivity contribution >= 4 is 12.1 Å². The number of aromatic nitrogens is 2. The highest BCUT2D eigenvalue weighted by atomic mass is 16.5. The van der Waals surface area contributed by atoms with E-state index in [0.717, 1.165) is 11.3 Å². The maximum absolute atomic E-state index is 13.1. The molecule has 0 unspecified atom stereocenters. The molecule has 1 heterocycles. The summed E-state index contributed by atoms with van der Waals surface area (Å²) in [5, 5.41) is 8.79. The molecule has 0 saturated carbocycles. The molecule has 0 fully saturated rings. The standard InChI is InChI=1S/C26H24N4O4/c1-32-22-14-18(15-23(33-2)25(22)34-3)16-27-28-26(31)21-17-30(20-12-8-5-9-13-20)29-24(21)19-10-6-4-7-11-19/h4-17H,1-3H3,(H,28,31)/b27-16+. The van der Waals surface area contributed by atoms with Crippen molar-refractivity contribution in [1.82, 2.24) is 15.2 Å². The molecule has 0 atom stereocenters. The van der Waals surface area contributed by atoms with Crippen LogP contribution in [0.4, 0.5) is 0 Å². The highest BCUT2D eigenvalue weighted by Crippen LogP contribution is 2.37. The van der Waals surface area contributed by atoms with Crippen LogP contribution in [-0.2, 0) is 0 Å². The van der Waals surface area contributed by atoms with Crippen LogP contribution in [0.15, 0.2) is 84.1 Å². The second-order valence-corrected chi connectivity index (χ2v) is 7.20. The van der Waals surface area contributed by atoms with Crippen LogP contribution in [-0.4, -0.2) is 43.2 Å². The topological polar surface area (TPSA) is 87.0 Å². The fourth-order valence-electron chi connectivity index (χ4n) is 3.46. The summed E-state index contributed by atoms with van der Waals surface area (Å²) >= 11 is 0. The normalized spacial score (nSPS) is 10.8. The Balaban J connectivity index is 1.62. The molecule has 4 rings (SSSR count). The van der Waals surface area contributed by atoms with Gasteiger partial charge in [0.05, 0.1) is 38.8 Å². The fourth-order valence-corrected chi connectivity index (χ4v) is 3.46. The van der Waals surface area contributed by atoms with Gasteiger partial charge in [0.15, 0.2) is 11.5 Å². The Labute approximate surface area is 197 Å². The van der Waals surface area contributed by atoms with Crippen LogP contribution in [0.5, 0.6) is 17.2 Å². The lowest BCUT2D eigenvalue weighted by atomic mass is 10.1. The van der Waals surface area contributed by atoms with Gasteiger partial charge in [0.25, 0.3) is 5.91 Å². The summed E-state index contributed by atoms with van der Waals surface area (Å²) < 4.78 is 17.7. The van der Waals surface area contributed by atoms with Crippen LogP contribution >= 0.6 is 0 Å². The molecule has 8 heteroatoms. The van der Waals surface area contributed by atoms with Crippen molar-refractivity contribution in [2.75, 3.05) is 21.3 Å². The average molecular weight is 457 g/mol. The summed E-state index contributed by atoms with van der Waals surface area (Å²) in [7, 11) is 4.61. The third-order valence-corrected chi connectivity index (χ3v) is 5.09. The lowest BCUT2D eigenvalue weighted by molar-refractivity contribution is 0.0955. The zero-order valence-corrected chi connectivity index (χ0v) is 19.1. The van der Waals surface area contributed by atoms with E-state index in [9.17, 15) is 4.79 Å². The van der Waals surface area contributed by atoms with Crippen molar-refractivity contribution in [3.05, 3.63) is 90.1 Å². The molecular weight excluding hydrogens is 432 g/mol. The highest BCUT2D eigenvalue weighted by Gasteiger charge is 2.18. The Morgan fingerprint density at radius 3 is 2.12 bits per heavy atom. The molecule has 0 spiro atoms. The Hall–Kier alpha value is -4.59. The first-order valence-corrected chi connectivity index (χ1v) is 10.5. The molecular formula is C26H24N4O4. The van der Waals surface area contributed by atoms with Crippen molar-refractivity contribution in [3.8, 4) is 34.2 Å². The number of rotatable bonds is 8. The van der Waals surface area contributed by atoms with E-state index in [-0.39, 0.29) is 5.91 Å². The van der Waals surface area contributed by atoms with Gasteiger partial charge in [0, 0.05) is 17.3 Å². The molecule has 1 amide bonds. The summed E-state index contributed by atoms with van der Waals surface area (Å²) in [6.45, 7) is 0. The van der Waals surface area contributed by atoms with Gasteiger partial charge in [-0.05, 0) is 24.3 Å². The third-order valence-electron chi connectivity index (χ3n) is 5.09. The lowest BCUT2D eigenvalue weighted by Crippen LogP contribution is -2.18. The Morgan fingerprint density at radius 2 is 1.53 bits per heavy atom. The summed E-state index contributed by atoms with van der Waals surface area (Å²) in [5.41, 5.74) is 5.89. The average Bonchev–Trinajstić information content (AvgIpc) is 3.35. The fraction of sp³-hybridized carbons (Fsp3) is 0.115. The van der Waals surface area contributed by atoms with Crippen molar-refractivity contribution in [2.24, 2.45) is 5.10 Å². The van der Waals surface area contributed by atoms with Gasteiger partial charge in [-0.15, -0.1) is 0 Å². The van der Waals surface area contributed by atoms with E-state index in [4.69, 9.17) is 14.2 Å². The zero-order chi connectivity index (χ0) is 23.9. The molecule has 0 bridgehead atoms. The monoisotopic (exact) mass is 456 g/mol. The van der Waals surface area contributed by atoms with E-state index >= 15 is 0 Å². The van der Waals surface area contributed by atoms with E-state index < -0.39 is 0 Å². The molecule has 0 aliphatic carbocycles. The van der Waals surface area contributed by atoms with E-state index in [0.29, 0.717) is 34.1 Å². The maximum Gasteiger partial charge on any atom is 0.275 e. The van der Waals surface area contributed by atoms with Crippen molar-refractivity contribution in [1.29, 1.82) is 0 Å². The van der Waals surface area contributed by atoms with Gasteiger partial charge in [0.2, 0.25) is 5.75 Å². The second kappa shape index (κ2) is 10.4.